The van der Waals surface area contributed by atoms with Crippen LogP contribution in [-0.2, 0) is 0 Å². The summed E-state index contributed by atoms with van der Waals surface area (Å²) in [5.41, 5.74) is 2.53. The van der Waals surface area contributed by atoms with Crippen molar-refractivity contribution in [2.24, 2.45) is 0 Å². The summed E-state index contributed by atoms with van der Waals surface area (Å²) in [5.74, 6) is 1.58. The second-order valence-electron chi connectivity index (χ2n) is 4.33. The first-order valence-corrected chi connectivity index (χ1v) is 6.27. The van der Waals surface area contributed by atoms with E-state index in [0.29, 0.717) is 5.56 Å². The molecule has 0 bridgehead atoms. The SMILES string of the molecule is N#Cc1c[nH]cc1-c1ccc(Oc2ccccc2)cc1. The lowest BCUT2D eigenvalue weighted by Gasteiger charge is -2.06. The van der Waals surface area contributed by atoms with Crippen molar-refractivity contribution in [3.8, 4) is 28.7 Å². The molecule has 3 rings (SSSR count). The molecule has 0 unspecified atom stereocenters. The highest BCUT2D eigenvalue weighted by Crippen LogP contribution is 2.27. The van der Waals surface area contributed by atoms with Gasteiger partial charge in [-0.3, -0.25) is 0 Å². The minimum absolute atomic E-state index is 0.640. The molecule has 1 N–H and O–H groups in total. The standard InChI is InChI=1S/C17H12N2O/c18-10-14-11-19-12-17(14)13-6-8-16(9-7-13)20-15-4-2-1-3-5-15/h1-9,11-12,19H. The van der Waals surface area contributed by atoms with E-state index in [-0.39, 0.29) is 0 Å². The molecule has 20 heavy (non-hydrogen) atoms. The maximum absolute atomic E-state index is 9.02. The maximum atomic E-state index is 9.02. The first-order chi connectivity index (χ1) is 9.86. The van der Waals surface area contributed by atoms with Crippen LogP contribution in [-0.4, -0.2) is 4.98 Å². The van der Waals surface area contributed by atoms with Gasteiger partial charge in [0.25, 0.3) is 0 Å². The Labute approximate surface area is 117 Å². The van der Waals surface area contributed by atoms with Gasteiger partial charge in [0.05, 0.1) is 5.56 Å². The summed E-state index contributed by atoms with van der Waals surface area (Å²) in [6.07, 6.45) is 3.52. The van der Waals surface area contributed by atoms with Crippen LogP contribution in [0.5, 0.6) is 11.5 Å². The van der Waals surface area contributed by atoms with Gasteiger partial charge in [0.1, 0.15) is 17.6 Å². The van der Waals surface area contributed by atoms with E-state index in [9.17, 15) is 0 Å². The number of ether oxygens (including phenoxy) is 1. The van der Waals surface area contributed by atoms with E-state index in [4.69, 9.17) is 10.00 Å². The molecule has 2 aromatic carbocycles. The predicted octanol–water partition coefficient (Wildman–Crippen LogP) is 4.35. The third kappa shape index (κ3) is 2.40. The number of H-pyrrole nitrogens is 1. The summed E-state index contributed by atoms with van der Waals surface area (Å²) in [5, 5.41) is 9.02. The number of rotatable bonds is 3. The van der Waals surface area contributed by atoms with E-state index < -0.39 is 0 Å². The first-order valence-electron chi connectivity index (χ1n) is 6.27. The Morgan fingerprint density at radius 3 is 2.25 bits per heavy atom. The zero-order chi connectivity index (χ0) is 13.8. The first kappa shape index (κ1) is 12.1. The molecule has 0 aliphatic carbocycles. The third-order valence-corrected chi connectivity index (χ3v) is 3.01. The summed E-state index contributed by atoms with van der Waals surface area (Å²) in [7, 11) is 0. The minimum atomic E-state index is 0.640. The van der Waals surface area contributed by atoms with Gasteiger partial charge < -0.3 is 9.72 Å². The van der Waals surface area contributed by atoms with Crippen LogP contribution in [0.3, 0.4) is 0 Å². The predicted molar refractivity (Wildman–Crippen MR) is 77.5 cm³/mol. The molecule has 0 spiro atoms. The summed E-state index contributed by atoms with van der Waals surface area (Å²) in [6, 6.07) is 19.5. The van der Waals surface area contributed by atoms with Gasteiger partial charge in [-0.15, -0.1) is 0 Å². The topological polar surface area (TPSA) is 48.8 Å². The third-order valence-electron chi connectivity index (χ3n) is 3.01. The summed E-state index contributed by atoms with van der Waals surface area (Å²) in [6.45, 7) is 0. The Morgan fingerprint density at radius 1 is 0.850 bits per heavy atom. The normalized spacial score (nSPS) is 9.95. The van der Waals surface area contributed by atoms with E-state index in [1.165, 1.54) is 0 Å². The van der Waals surface area contributed by atoms with Gasteiger partial charge in [0, 0.05) is 18.0 Å². The fourth-order valence-electron chi connectivity index (χ4n) is 2.02. The van der Waals surface area contributed by atoms with E-state index in [1.54, 1.807) is 6.20 Å². The lowest BCUT2D eigenvalue weighted by Crippen LogP contribution is -1.84. The van der Waals surface area contributed by atoms with Crippen molar-refractivity contribution < 1.29 is 4.74 Å². The van der Waals surface area contributed by atoms with Gasteiger partial charge in [-0.05, 0) is 29.8 Å². The van der Waals surface area contributed by atoms with Crippen molar-refractivity contribution in [3.63, 3.8) is 0 Å². The molecule has 96 valence electrons. The molecule has 3 aromatic rings. The van der Waals surface area contributed by atoms with Gasteiger partial charge in [-0.25, -0.2) is 0 Å². The van der Waals surface area contributed by atoms with Gasteiger partial charge >= 0.3 is 0 Å². The van der Waals surface area contributed by atoms with E-state index >= 15 is 0 Å². The molecule has 0 aliphatic rings. The van der Waals surface area contributed by atoms with Crippen LogP contribution in [0.2, 0.25) is 0 Å². The molecule has 0 saturated heterocycles. The second-order valence-corrected chi connectivity index (χ2v) is 4.33. The number of nitrogens with one attached hydrogen (secondary N) is 1. The fourth-order valence-corrected chi connectivity index (χ4v) is 2.02. The summed E-state index contributed by atoms with van der Waals surface area (Å²) in [4.78, 5) is 2.95. The highest BCUT2D eigenvalue weighted by atomic mass is 16.5. The average Bonchev–Trinajstić information content (AvgIpc) is 2.98. The van der Waals surface area contributed by atoms with E-state index in [1.807, 2.05) is 60.8 Å². The molecule has 3 heteroatoms. The molecular formula is C17H12N2O. The number of hydrogen-bond donors (Lipinski definition) is 1. The zero-order valence-electron chi connectivity index (χ0n) is 10.7. The molecule has 0 amide bonds. The zero-order valence-corrected chi connectivity index (χ0v) is 10.7. The van der Waals surface area contributed by atoms with Crippen LogP contribution >= 0.6 is 0 Å². The highest BCUT2D eigenvalue weighted by molar-refractivity contribution is 5.70. The Balaban J connectivity index is 1.84. The number of benzene rings is 2. The minimum Gasteiger partial charge on any atom is -0.457 e. The van der Waals surface area contributed by atoms with Gasteiger partial charge in [-0.1, -0.05) is 30.3 Å². The molecule has 0 saturated carbocycles. The number of hydrogen-bond acceptors (Lipinski definition) is 2. The van der Waals surface area contributed by atoms with Crippen LogP contribution in [0, 0.1) is 11.3 Å². The number of aromatic nitrogens is 1. The molecule has 0 aliphatic heterocycles. The molecular weight excluding hydrogens is 248 g/mol. The lowest BCUT2D eigenvalue weighted by atomic mass is 10.1. The largest absolute Gasteiger partial charge is 0.457 e. The van der Waals surface area contributed by atoms with Gasteiger partial charge in [0.15, 0.2) is 0 Å². The quantitative estimate of drug-likeness (QED) is 0.761. The number of nitrogens with zero attached hydrogens (tertiary/aromatic N) is 1. The van der Waals surface area contributed by atoms with Crippen LogP contribution < -0.4 is 4.74 Å². The molecule has 1 aromatic heterocycles. The summed E-state index contributed by atoms with van der Waals surface area (Å²) >= 11 is 0. The number of nitriles is 1. The average molecular weight is 260 g/mol. The second kappa shape index (κ2) is 5.33. The van der Waals surface area contributed by atoms with Crippen molar-refractivity contribution in [2.75, 3.05) is 0 Å². The van der Waals surface area contributed by atoms with Crippen LogP contribution in [0.25, 0.3) is 11.1 Å². The fraction of sp³-hybridized carbons (Fsp3) is 0. The van der Waals surface area contributed by atoms with Crippen molar-refractivity contribution in [3.05, 3.63) is 72.6 Å². The smallest absolute Gasteiger partial charge is 0.127 e. The molecule has 1 heterocycles. The van der Waals surface area contributed by atoms with Crippen molar-refractivity contribution in [1.29, 1.82) is 5.26 Å². The lowest BCUT2D eigenvalue weighted by molar-refractivity contribution is 0.483. The van der Waals surface area contributed by atoms with Crippen molar-refractivity contribution >= 4 is 0 Å². The Morgan fingerprint density at radius 2 is 1.55 bits per heavy atom. The Hall–Kier alpha value is -2.99. The molecule has 3 nitrogen and oxygen atoms in total. The number of para-hydroxylation sites is 1. The maximum Gasteiger partial charge on any atom is 0.127 e. The van der Waals surface area contributed by atoms with Gasteiger partial charge in [0.2, 0.25) is 0 Å². The summed E-state index contributed by atoms with van der Waals surface area (Å²) < 4.78 is 5.73. The Bertz CT molecular complexity index is 737. The molecule has 0 fully saturated rings. The van der Waals surface area contributed by atoms with Crippen LogP contribution in [0.15, 0.2) is 67.0 Å². The van der Waals surface area contributed by atoms with Gasteiger partial charge in [-0.2, -0.15) is 5.26 Å². The van der Waals surface area contributed by atoms with Crippen LogP contribution in [0.1, 0.15) is 5.56 Å². The number of aromatic amines is 1. The molecule has 0 atom stereocenters. The van der Waals surface area contributed by atoms with E-state index in [0.717, 1.165) is 22.6 Å². The van der Waals surface area contributed by atoms with E-state index in [2.05, 4.69) is 11.1 Å². The van der Waals surface area contributed by atoms with Crippen molar-refractivity contribution in [2.45, 2.75) is 0 Å². The van der Waals surface area contributed by atoms with Crippen molar-refractivity contribution in [1.82, 2.24) is 4.98 Å². The Kier molecular flexibility index (Phi) is 3.22. The van der Waals surface area contributed by atoms with Crippen LogP contribution in [0.4, 0.5) is 0 Å². The molecule has 0 radical (unpaired) electrons. The monoisotopic (exact) mass is 260 g/mol. The highest BCUT2D eigenvalue weighted by Gasteiger charge is 2.05.